The Morgan fingerprint density at radius 1 is 1.08 bits per heavy atom. The van der Waals surface area contributed by atoms with Gasteiger partial charge in [-0.05, 0) is 27.7 Å². The van der Waals surface area contributed by atoms with Crippen molar-refractivity contribution in [3.63, 3.8) is 0 Å². The molecule has 4 nitrogen and oxygen atoms in total. The fourth-order valence-corrected chi connectivity index (χ4v) is 3.24. The molecule has 0 unspecified atom stereocenters. The number of hydrogen-bond donors (Lipinski definition) is 3. The molecule has 5 heteroatoms. The molecule has 0 spiro atoms. The van der Waals surface area contributed by atoms with Crippen LogP contribution in [0.2, 0.25) is 0 Å². The summed E-state index contributed by atoms with van der Waals surface area (Å²) in [7, 11) is -2.58. The van der Waals surface area contributed by atoms with Gasteiger partial charge < -0.3 is 0 Å². The van der Waals surface area contributed by atoms with Crippen molar-refractivity contribution in [3.05, 3.63) is 0 Å². The van der Waals surface area contributed by atoms with Crippen LogP contribution in [-0.2, 0) is 4.57 Å². The molecule has 0 radical (unpaired) electrons. The number of hydrogen-bond acceptors (Lipinski definition) is 1. The lowest BCUT2D eigenvalue weighted by Gasteiger charge is -2.25. The smallest absolute Gasteiger partial charge is 0.271 e. The zero-order valence-corrected chi connectivity index (χ0v) is 10.1. The van der Waals surface area contributed by atoms with Gasteiger partial charge in [-0.2, -0.15) is 0 Å². The standard InChI is InChI=1S/C8H22N3OP/c1-6-9-13(12,10-7(2)3)11-8(4)5/h7-8H,6H2,1-5H3,(H3,9,10,11,12). The summed E-state index contributed by atoms with van der Waals surface area (Å²) in [6.45, 7) is 10.5. The Kier molecular flexibility index (Phi) is 5.81. The minimum Gasteiger partial charge on any atom is -0.271 e. The van der Waals surface area contributed by atoms with Crippen LogP contribution in [0.25, 0.3) is 0 Å². The normalized spacial score (nSPS) is 12.8. The predicted molar refractivity (Wildman–Crippen MR) is 57.8 cm³/mol. The van der Waals surface area contributed by atoms with E-state index in [0.29, 0.717) is 6.54 Å². The molecular formula is C8H22N3OP. The van der Waals surface area contributed by atoms with Crippen molar-refractivity contribution in [2.24, 2.45) is 0 Å². The number of rotatable bonds is 6. The van der Waals surface area contributed by atoms with E-state index in [1.165, 1.54) is 0 Å². The lowest BCUT2D eigenvalue weighted by atomic mass is 10.4. The molecule has 0 aromatic rings. The summed E-state index contributed by atoms with van der Waals surface area (Å²) < 4.78 is 12.1. The first kappa shape index (κ1) is 13.1. The lowest BCUT2D eigenvalue weighted by molar-refractivity contribution is 0.523. The van der Waals surface area contributed by atoms with Crippen LogP contribution in [0.15, 0.2) is 0 Å². The van der Waals surface area contributed by atoms with E-state index in [1.807, 2.05) is 34.6 Å². The monoisotopic (exact) mass is 207 g/mol. The molecule has 0 bridgehead atoms. The van der Waals surface area contributed by atoms with Gasteiger partial charge in [0.2, 0.25) is 0 Å². The zero-order valence-electron chi connectivity index (χ0n) is 9.22. The minimum atomic E-state index is -2.58. The third kappa shape index (κ3) is 6.22. The topological polar surface area (TPSA) is 53.2 Å². The Morgan fingerprint density at radius 2 is 1.46 bits per heavy atom. The average Bonchev–Trinajstić information content (AvgIpc) is 1.81. The van der Waals surface area contributed by atoms with Crippen molar-refractivity contribution in [1.29, 1.82) is 0 Å². The van der Waals surface area contributed by atoms with Crippen molar-refractivity contribution in [2.45, 2.75) is 46.7 Å². The van der Waals surface area contributed by atoms with E-state index in [-0.39, 0.29) is 12.1 Å². The van der Waals surface area contributed by atoms with Crippen LogP contribution in [0.4, 0.5) is 0 Å². The van der Waals surface area contributed by atoms with E-state index in [1.54, 1.807) is 0 Å². The van der Waals surface area contributed by atoms with Gasteiger partial charge in [0.05, 0.1) is 0 Å². The van der Waals surface area contributed by atoms with Gasteiger partial charge in [-0.3, -0.25) is 4.57 Å². The maximum absolute atomic E-state index is 12.1. The van der Waals surface area contributed by atoms with Gasteiger partial charge in [-0.15, -0.1) is 0 Å². The summed E-state index contributed by atoms with van der Waals surface area (Å²) in [5, 5.41) is 9.00. The molecule has 0 heterocycles. The predicted octanol–water partition coefficient (Wildman–Crippen LogP) is 1.70. The molecule has 80 valence electrons. The summed E-state index contributed by atoms with van der Waals surface area (Å²) >= 11 is 0. The van der Waals surface area contributed by atoms with Crippen molar-refractivity contribution < 1.29 is 4.57 Å². The Balaban J connectivity index is 4.25. The second kappa shape index (κ2) is 5.76. The summed E-state index contributed by atoms with van der Waals surface area (Å²) in [5.41, 5.74) is 0. The van der Waals surface area contributed by atoms with E-state index in [0.717, 1.165) is 0 Å². The van der Waals surface area contributed by atoms with Gasteiger partial charge in [0.15, 0.2) is 0 Å². The van der Waals surface area contributed by atoms with Crippen LogP contribution in [0.3, 0.4) is 0 Å². The van der Waals surface area contributed by atoms with E-state index < -0.39 is 7.59 Å². The van der Waals surface area contributed by atoms with E-state index in [4.69, 9.17) is 0 Å². The van der Waals surface area contributed by atoms with Gasteiger partial charge in [0.1, 0.15) is 0 Å². The second-order valence-electron chi connectivity index (χ2n) is 3.69. The summed E-state index contributed by atoms with van der Waals surface area (Å²) in [5.74, 6) is 0. The fourth-order valence-electron chi connectivity index (χ4n) is 1.08. The summed E-state index contributed by atoms with van der Waals surface area (Å²) in [4.78, 5) is 0. The van der Waals surface area contributed by atoms with Gasteiger partial charge >= 0.3 is 0 Å². The van der Waals surface area contributed by atoms with Gasteiger partial charge in [-0.25, -0.2) is 15.3 Å². The average molecular weight is 207 g/mol. The molecule has 0 saturated heterocycles. The zero-order chi connectivity index (χ0) is 10.5. The van der Waals surface area contributed by atoms with Crippen LogP contribution < -0.4 is 15.3 Å². The highest BCUT2D eigenvalue weighted by Gasteiger charge is 2.21. The molecule has 13 heavy (non-hydrogen) atoms. The van der Waals surface area contributed by atoms with Crippen LogP contribution in [-0.4, -0.2) is 18.6 Å². The summed E-state index contributed by atoms with van der Waals surface area (Å²) in [6.07, 6.45) is 0. The molecule has 0 amide bonds. The third-order valence-corrected chi connectivity index (χ3v) is 3.78. The summed E-state index contributed by atoms with van der Waals surface area (Å²) in [6, 6.07) is 0.410. The van der Waals surface area contributed by atoms with Crippen molar-refractivity contribution >= 4 is 7.59 Å². The largest absolute Gasteiger partial charge is 0.279 e. The first-order valence-corrected chi connectivity index (χ1v) is 6.51. The molecule has 3 N–H and O–H groups in total. The molecule has 0 aliphatic carbocycles. The Morgan fingerprint density at radius 3 is 1.69 bits per heavy atom. The molecule has 0 aliphatic rings. The highest BCUT2D eigenvalue weighted by Crippen LogP contribution is 2.31. The highest BCUT2D eigenvalue weighted by atomic mass is 31.2. The molecule has 0 fully saturated rings. The molecule has 0 aromatic carbocycles. The third-order valence-electron chi connectivity index (χ3n) is 1.26. The second-order valence-corrected chi connectivity index (χ2v) is 5.74. The molecule has 0 saturated carbocycles. The van der Waals surface area contributed by atoms with Crippen molar-refractivity contribution in [3.8, 4) is 0 Å². The molecule has 0 aliphatic heterocycles. The Hall–Kier alpha value is 0.110. The Bertz CT molecular complexity index is 168. The van der Waals surface area contributed by atoms with E-state index in [2.05, 4.69) is 15.3 Å². The molecule has 0 rings (SSSR count). The fraction of sp³-hybridized carbons (Fsp3) is 1.00. The lowest BCUT2D eigenvalue weighted by Crippen LogP contribution is -2.38. The first-order valence-electron chi connectivity index (χ1n) is 4.80. The van der Waals surface area contributed by atoms with Crippen LogP contribution in [0.1, 0.15) is 34.6 Å². The number of nitrogens with one attached hydrogen (secondary N) is 3. The van der Waals surface area contributed by atoms with E-state index >= 15 is 0 Å². The highest BCUT2D eigenvalue weighted by molar-refractivity contribution is 7.57. The molecule has 0 aromatic heterocycles. The first-order chi connectivity index (χ1) is 5.89. The minimum absolute atomic E-state index is 0.205. The van der Waals surface area contributed by atoms with Crippen LogP contribution in [0, 0.1) is 0 Å². The van der Waals surface area contributed by atoms with Crippen LogP contribution in [0.5, 0.6) is 0 Å². The van der Waals surface area contributed by atoms with Crippen LogP contribution >= 0.6 is 7.59 Å². The van der Waals surface area contributed by atoms with Gasteiger partial charge in [0, 0.05) is 18.6 Å². The maximum atomic E-state index is 12.1. The van der Waals surface area contributed by atoms with E-state index in [9.17, 15) is 4.57 Å². The molecular weight excluding hydrogens is 185 g/mol. The van der Waals surface area contributed by atoms with Crippen molar-refractivity contribution in [1.82, 2.24) is 15.3 Å². The Labute approximate surface area is 81.4 Å². The SMILES string of the molecule is CCNP(=O)(NC(C)C)NC(C)C. The molecule has 0 atom stereocenters. The maximum Gasteiger partial charge on any atom is 0.279 e. The van der Waals surface area contributed by atoms with Crippen molar-refractivity contribution in [2.75, 3.05) is 6.54 Å². The quantitative estimate of drug-likeness (QED) is 0.580. The van der Waals surface area contributed by atoms with Gasteiger partial charge in [-0.1, -0.05) is 6.92 Å². The van der Waals surface area contributed by atoms with Gasteiger partial charge in [0.25, 0.3) is 7.59 Å².